The average molecular weight is 302 g/mol. The molecule has 1 aliphatic carbocycles. The molecule has 0 amide bonds. The summed E-state index contributed by atoms with van der Waals surface area (Å²) in [5.74, 6) is 0.903. The second kappa shape index (κ2) is 6.18. The van der Waals surface area contributed by atoms with Gasteiger partial charge in [0.15, 0.2) is 0 Å². The standard InChI is InChI=1S/C13H20BrNS/c1-2-5-15-12-4-3-10(6-12)7-13-8-11(14)9-16-13/h8-10,12,15H,2-7H2,1H3. The Morgan fingerprint density at radius 3 is 3.06 bits per heavy atom. The van der Waals surface area contributed by atoms with Crippen molar-refractivity contribution in [2.45, 2.75) is 45.1 Å². The zero-order chi connectivity index (χ0) is 11.4. The lowest BCUT2D eigenvalue weighted by Crippen LogP contribution is -2.27. The maximum atomic E-state index is 3.65. The third-order valence-electron chi connectivity index (χ3n) is 3.34. The summed E-state index contributed by atoms with van der Waals surface area (Å²) in [6.45, 7) is 3.42. The number of hydrogen-bond donors (Lipinski definition) is 1. The van der Waals surface area contributed by atoms with Gasteiger partial charge in [0.25, 0.3) is 0 Å². The van der Waals surface area contributed by atoms with Crippen LogP contribution in [0.3, 0.4) is 0 Å². The molecule has 1 aliphatic rings. The minimum atomic E-state index is 0.786. The Morgan fingerprint density at radius 2 is 2.38 bits per heavy atom. The van der Waals surface area contributed by atoms with E-state index < -0.39 is 0 Å². The van der Waals surface area contributed by atoms with Crippen LogP contribution in [0.2, 0.25) is 0 Å². The number of nitrogens with one attached hydrogen (secondary N) is 1. The van der Waals surface area contributed by atoms with E-state index in [-0.39, 0.29) is 0 Å². The van der Waals surface area contributed by atoms with E-state index >= 15 is 0 Å². The first-order valence-electron chi connectivity index (χ1n) is 6.24. The fourth-order valence-corrected chi connectivity index (χ4v) is 4.11. The Balaban J connectivity index is 1.76. The number of hydrogen-bond acceptors (Lipinski definition) is 2. The Kier molecular flexibility index (Phi) is 4.86. The first kappa shape index (κ1) is 12.6. The molecule has 90 valence electrons. The molecule has 1 heterocycles. The van der Waals surface area contributed by atoms with Gasteiger partial charge in [-0.15, -0.1) is 11.3 Å². The average Bonchev–Trinajstić information content (AvgIpc) is 2.86. The van der Waals surface area contributed by atoms with E-state index in [1.165, 1.54) is 48.0 Å². The van der Waals surface area contributed by atoms with Gasteiger partial charge < -0.3 is 5.32 Å². The van der Waals surface area contributed by atoms with Gasteiger partial charge in [0.05, 0.1) is 0 Å². The SMILES string of the molecule is CCCNC1CCC(Cc2cc(Br)cs2)C1. The van der Waals surface area contributed by atoms with Crippen LogP contribution in [0.4, 0.5) is 0 Å². The largest absolute Gasteiger partial charge is 0.314 e. The minimum absolute atomic E-state index is 0.786. The fourth-order valence-electron chi connectivity index (χ4n) is 2.54. The van der Waals surface area contributed by atoms with Crippen LogP contribution in [-0.4, -0.2) is 12.6 Å². The highest BCUT2D eigenvalue weighted by atomic mass is 79.9. The van der Waals surface area contributed by atoms with Gasteiger partial charge in [0.2, 0.25) is 0 Å². The summed E-state index contributed by atoms with van der Waals surface area (Å²) in [6, 6.07) is 3.06. The quantitative estimate of drug-likeness (QED) is 0.858. The first-order chi connectivity index (χ1) is 7.78. The molecule has 1 N–H and O–H groups in total. The summed E-state index contributed by atoms with van der Waals surface area (Å²) in [6.07, 6.45) is 6.67. The zero-order valence-corrected chi connectivity index (χ0v) is 12.2. The van der Waals surface area contributed by atoms with Crippen molar-refractivity contribution in [3.8, 4) is 0 Å². The van der Waals surface area contributed by atoms with Crippen LogP contribution >= 0.6 is 27.3 Å². The number of halogens is 1. The van der Waals surface area contributed by atoms with Crippen molar-refractivity contribution in [2.24, 2.45) is 5.92 Å². The summed E-state index contributed by atoms with van der Waals surface area (Å²) in [5.41, 5.74) is 0. The maximum absolute atomic E-state index is 3.65. The molecular weight excluding hydrogens is 282 g/mol. The van der Waals surface area contributed by atoms with Gasteiger partial charge in [-0.2, -0.15) is 0 Å². The topological polar surface area (TPSA) is 12.0 Å². The van der Waals surface area contributed by atoms with Gasteiger partial charge in [0.1, 0.15) is 0 Å². The molecule has 1 aromatic rings. The molecular formula is C13H20BrNS. The smallest absolute Gasteiger partial charge is 0.0285 e. The summed E-state index contributed by atoms with van der Waals surface area (Å²) in [5, 5.41) is 5.84. The van der Waals surface area contributed by atoms with Gasteiger partial charge in [-0.25, -0.2) is 0 Å². The van der Waals surface area contributed by atoms with Crippen LogP contribution in [0, 0.1) is 5.92 Å². The molecule has 1 nitrogen and oxygen atoms in total. The summed E-state index contributed by atoms with van der Waals surface area (Å²) < 4.78 is 1.24. The Morgan fingerprint density at radius 1 is 1.50 bits per heavy atom. The molecule has 0 spiro atoms. The molecule has 0 radical (unpaired) electrons. The van der Waals surface area contributed by atoms with Gasteiger partial charge >= 0.3 is 0 Å². The van der Waals surface area contributed by atoms with E-state index in [4.69, 9.17) is 0 Å². The monoisotopic (exact) mass is 301 g/mol. The van der Waals surface area contributed by atoms with Crippen LogP contribution in [0.5, 0.6) is 0 Å². The lowest BCUT2D eigenvalue weighted by Gasteiger charge is -2.12. The van der Waals surface area contributed by atoms with Crippen molar-refractivity contribution in [1.29, 1.82) is 0 Å². The Hall–Kier alpha value is 0.140. The van der Waals surface area contributed by atoms with Crippen molar-refractivity contribution < 1.29 is 0 Å². The van der Waals surface area contributed by atoms with Crippen molar-refractivity contribution in [1.82, 2.24) is 5.32 Å². The first-order valence-corrected chi connectivity index (χ1v) is 7.91. The highest BCUT2D eigenvalue weighted by Gasteiger charge is 2.24. The second-order valence-electron chi connectivity index (χ2n) is 4.77. The van der Waals surface area contributed by atoms with E-state index in [0.29, 0.717) is 0 Å². The normalized spacial score (nSPS) is 25.1. The van der Waals surface area contributed by atoms with E-state index in [1.807, 2.05) is 11.3 Å². The molecule has 3 heteroatoms. The molecule has 2 unspecified atom stereocenters. The Labute approximate surface area is 111 Å². The number of thiophene rings is 1. The third kappa shape index (κ3) is 3.57. The Bertz CT molecular complexity index is 323. The van der Waals surface area contributed by atoms with Crippen LogP contribution in [0.25, 0.3) is 0 Å². The van der Waals surface area contributed by atoms with E-state index in [0.717, 1.165) is 12.0 Å². The van der Waals surface area contributed by atoms with Crippen molar-refractivity contribution in [3.63, 3.8) is 0 Å². The van der Waals surface area contributed by atoms with Crippen molar-refractivity contribution in [2.75, 3.05) is 6.54 Å². The van der Waals surface area contributed by atoms with Crippen molar-refractivity contribution >= 4 is 27.3 Å². The molecule has 0 aromatic carbocycles. The molecule has 2 rings (SSSR count). The van der Waals surface area contributed by atoms with E-state index in [1.54, 1.807) is 0 Å². The fraction of sp³-hybridized carbons (Fsp3) is 0.692. The van der Waals surface area contributed by atoms with Gasteiger partial charge in [-0.3, -0.25) is 0 Å². The molecule has 1 fully saturated rings. The number of rotatable bonds is 5. The summed E-state index contributed by atoms with van der Waals surface area (Å²) in [7, 11) is 0. The molecule has 2 atom stereocenters. The van der Waals surface area contributed by atoms with Crippen LogP contribution < -0.4 is 5.32 Å². The minimum Gasteiger partial charge on any atom is -0.314 e. The lowest BCUT2D eigenvalue weighted by atomic mass is 10.0. The van der Waals surface area contributed by atoms with E-state index in [2.05, 4.69) is 39.6 Å². The van der Waals surface area contributed by atoms with E-state index in [9.17, 15) is 0 Å². The van der Waals surface area contributed by atoms with Gasteiger partial charge in [-0.1, -0.05) is 6.92 Å². The molecule has 1 aromatic heterocycles. The van der Waals surface area contributed by atoms with Crippen LogP contribution in [-0.2, 0) is 6.42 Å². The predicted octanol–water partition coefficient (Wildman–Crippen LogP) is 4.22. The molecule has 1 saturated carbocycles. The van der Waals surface area contributed by atoms with Gasteiger partial charge in [0, 0.05) is 20.8 Å². The van der Waals surface area contributed by atoms with Gasteiger partial charge in [-0.05, 0) is 66.6 Å². The lowest BCUT2D eigenvalue weighted by molar-refractivity contribution is 0.485. The molecule has 16 heavy (non-hydrogen) atoms. The highest BCUT2D eigenvalue weighted by molar-refractivity contribution is 9.10. The summed E-state index contributed by atoms with van der Waals surface area (Å²) >= 11 is 5.41. The zero-order valence-electron chi connectivity index (χ0n) is 9.84. The third-order valence-corrected chi connectivity index (χ3v) is 5.06. The summed E-state index contributed by atoms with van der Waals surface area (Å²) in [4.78, 5) is 1.54. The maximum Gasteiger partial charge on any atom is 0.0285 e. The van der Waals surface area contributed by atoms with Crippen LogP contribution in [0.1, 0.15) is 37.5 Å². The second-order valence-corrected chi connectivity index (χ2v) is 6.68. The predicted molar refractivity (Wildman–Crippen MR) is 75.1 cm³/mol. The van der Waals surface area contributed by atoms with Crippen molar-refractivity contribution in [3.05, 3.63) is 20.8 Å². The molecule has 0 bridgehead atoms. The molecule has 0 saturated heterocycles. The molecule has 0 aliphatic heterocycles. The van der Waals surface area contributed by atoms with Crippen LogP contribution in [0.15, 0.2) is 15.9 Å². The highest BCUT2D eigenvalue weighted by Crippen LogP contribution is 2.31.